The van der Waals surface area contributed by atoms with Crippen molar-refractivity contribution in [2.24, 2.45) is 0 Å². The minimum absolute atomic E-state index is 0.386. The van der Waals surface area contributed by atoms with Gasteiger partial charge in [-0.3, -0.25) is 15.1 Å². The van der Waals surface area contributed by atoms with E-state index in [2.05, 4.69) is 61.3 Å². The predicted molar refractivity (Wildman–Crippen MR) is 121 cm³/mol. The number of H-pyrrole nitrogens is 1. The summed E-state index contributed by atoms with van der Waals surface area (Å²) in [5, 5.41) is 18.2. The third kappa shape index (κ3) is 2.98. The molecule has 0 bridgehead atoms. The van der Waals surface area contributed by atoms with Crippen molar-refractivity contribution >= 4 is 16.6 Å². The topological polar surface area (TPSA) is 94.0 Å². The molecule has 0 spiro atoms. The van der Waals surface area contributed by atoms with E-state index < -0.39 is 0 Å². The van der Waals surface area contributed by atoms with Crippen LogP contribution in [0.2, 0.25) is 0 Å². The lowest BCUT2D eigenvalue weighted by Crippen LogP contribution is -2.56. The monoisotopic (exact) mass is 423 g/mol. The predicted octanol–water partition coefficient (Wildman–Crippen LogP) is 3.07. The van der Waals surface area contributed by atoms with Gasteiger partial charge in [-0.25, -0.2) is 0 Å². The quantitative estimate of drug-likeness (QED) is 0.529. The van der Waals surface area contributed by atoms with Gasteiger partial charge in [-0.15, -0.1) is 0 Å². The van der Waals surface area contributed by atoms with Crippen LogP contribution in [0.25, 0.3) is 33.4 Å². The summed E-state index contributed by atoms with van der Waals surface area (Å²) in [6, 6.07) is 12.7. The standard InChI is InChI=1S/C24H21N7O/c1-30-6-7-31-17(13-30)14-32-23-9-15(2-3-22(23)31)24-19-10-18(21-12-26-4-5-27-21)16(11-25)8-20(19)28-29-24/h2-5,8-10,12,17H,6-7,13-14H2,1H3,(H,28,29). The SMILES string of the molecule is CN1CCN2c3ccc(-c4n[nH]c5cc(C#N)c(-c6cnccn6)cc45)cc3OCC2C1. The van der Waals surface area contributed by atoms with Crippen molar-refractivity contribution in [1.29, 1.82) is 5.26 Å². The first-order chi connectivity index (χ1) is 15.7. The van der Waals surface area contributed by atoms with E-state index >= 15 is 0 Å². The van der Waals surface area contributed by atoms with Crippen molar-refractivity contribution in [3.63, 3.8) is 0 Å². The van der Waals surface area contributed by atoms with Crippen molar-refractivity contribution in [1.82, 2.24) is 25.1 Å². The zero-order chi connectivity index (χ0) is 21.7. The van der Waals surface area contributed by atoms with Crippen molar-refractivity contribution in [3.05, 3.63) is 54.5 Å². The van der Waals surface area contributed by atoms with Crippen LogP contribution in [0.5, 0.6) is 5.75 Å². The first-order valence-corrected chi connectivity index (χ1v) is 10.6. The molecule has 1 fully saturated rings. The smallest absolute Gasteiger partial charge is 0.143 e. The Morgan fingerprint density at radius 1 is 1.19 bits per heavy atom. The molecule has 2 aromatic heterocycles. The third-order valence-corrected chi connectivity index (χ3v) is 6.32. The maximum Gasteiger partial charge on any atom is 0.143 e. The van der Waals surface area contributed by atoms with E-state index in [9.17, 15) is 5.26 Å². The fraction of sp³-hybridized carbons (Fsp3) is 0.250. The number of hydrogen-bond donors (Lipinski definition) is 1. The molecule has 4 heterocycles. The summed E-state index contributed by atoms with van der Waals surface area (Å²) in [7, 11) is 2.16. The molecule has 0 aliphatic carbocycles. The molecule has 2 aliphatic heterocycles. The molecule has 32 heavy (non-hydrogen) atoms. The van der Waals surface area contributed by atoms with E-state index in [1.54, 1.807) is 18.6 Å². The lowest BCUT2D eigenvalue weighted by atomic mass is 9.99. The number of nitrogens with zero attached hydrogens (tertiary/aromatic N) is 6. The van der Waals surface area contributed by atoms with Gasteiger partial charge in [0.2, 0.25) is 0 Å². The number of ether oxygens (including phenoxy) is 1. The van der Waals surface area contributed by atoms with E-state index in [0.29, 0.717) is 23.9 Å². The van der Waals surface area contributed by atoms with Gasteiger partial charge in [-0.05, 0) is 31.3 Å². The molecule has 8 nitrogen and oxygen atoms in total. The van der Waals surface area contributed by atoms with E-state index in [0.717, 1.165) is 58.8 Å². The van der Waals surface area contributed by atoms with Crippen molar-refractivity contribution < 1.29 is 4.74 Å². The van der Waals surface area contributed by atoms with Gasteiger partial charge in [-0.1, -0.05) is 6.07 Å². The summed E-state index contributed by atoms with van der Waals surface area (Å²) in [5.74, 6) is 0.891. The second kappa shape index (κ2) is 7.32. The molecule has 2 aliphatic rings. The van der Waals surface area contributed by atoms with Gasteiger partial charge in [0.05, 0.1) is 40.8 Å². The molecule has 1 atom stereocenters. The zero-order valence-electron chi connectivity index (χ0n) is 17.6. The number of benzene rings is 2. The van der Waals surface area contributed by atoms with Crippen molar-refractivity contribution in [3.8, 4) is 34.3 Å². The van der Waals surface area contributed by atoms with E-state index in [1.165, 1.54) is 0 Å². The third-order valence-electron chi connectivity index (χ3n) is 6.32. The summed E-state index contributed by atoms with van der Waals surface area (Å²) in [6.07, 6.45) is 4.92. The average Bonchev–Trinajstić information content (AvgIpc) is 3.26. The maximum atomic E-state index is 9.65. The number of fused-ring (bicyclic) bond motifs is 4. The zero-order valence-corrected chi connectivity index (χ0v) is 17.6. The number of rotatable bonds is 2. The van der Waals surface area contributed by atoms with Crippen LogP contribution < -0.4 is 9.64 Å². The van der Waals surface area contributed by atoms with E-state index in [4.69, 9.17) is 4.74 Å². The first kappa shape index (κ1) is 18.8. The molecule has 0 saturated carbocycles. The van der Waals surface area contributed by atoms with E-state index in [1.807, 2.05) is 12.1 Å². The largest absolute Gasteiger partial charge is 0.489 e. The number of piperazine rings is 1. The highest BCUT2D eigenvalue weighted by atomic mass is 16.5. The van der Waals surface area contributed by atoms with Crippen LogP contribution in [0.3, 0.4) is 0 Å². The fourth-order valence-electron chi connectivity index (χ4n) is 4.70. The Kier molecular flexibility index (Phi) is 4.30. The van der Waals surface area contributed by atoms with Crippen LogP contribution in [0, 0.1) is 11.3 Å². The molecule has 4 aromatic rings. The lowest BCUT2D eigenvalue weighted by Gasteiger charge is -2.44. The second-order valence-corrected chi connectivity index (χ2v) is 8.32. The molecule has 0 amide bonds. The number of nitrogens with one attached hydrogen (secondary N) is 1. The Labute approximate surface area is 185 Å². The number of nitriles is 1. The number of likely N-dealkylation sites (N-methyl/N-ethyl adjacent to an activating group) is 1. The minimum atomic E-state index is 0.386. The Morgan fingerprint density at radius 2 is 2.12 bits per heavy atom. The van der Waals surface area contributed by atoms with Crippen LogP contribution in [-0.4, -0.2) is 64.4 Å². The summed E-state index contributed by atoms with van der Waals surface area (Å²) in [6.45, 7) is 3.75. The Morgan fingerprint density at radius 3 is 2.97 bits per heavy atom. The Hall–Kier alpha value is -3.96. The molecular formula is C24H21N7O. The first-order valence-electron chi connectivity index (χ1n) is 10.6. The van der Waals surface area contributed by atoms with Crippen LogP contribution in [0.4, 0.5) is 5.69 Å². The molecule has 1 unspecified atom stereocenters. The molecule has 6 rings (SSSR count). The van der Waals surface area contributed by atoms with Crippen LogP contribution in [-0.2, 0) is 0 Å². The highest BCUT2D eigenvalue weighted by Gasteiger charge is 2.32. The highest BCUT2D eigenvalue weighted by Crippen LogP contribution is 2.40. The van der Waals surface area contributed by atoms with Crippen molar-refractivity contribution in [2.75, 3.05) is 38.2 Å². The second-order valence-electron chi connectivity index (χ2n) is 8.32. The summed E-state index contributed by atoms with van der Waals surface area (Å²) in [4.78, 5) is 13.3. The molecule has 2 aromatic carbocycles. The minimum Gasteiger partial charge on any atom is -0.489 e. The van der Waals surface area contributed by atoms with Gasteiger partial charge in [-0.2, -0.15) is 10.4 Å². The molecule has 158 valence electrons. The van der Waals surface area contributed by atoms with Gasteiger partial charge in [0.15, 0.2) is 0 Å². The van der Waals surface area contributed by atoms with Crippen molar-refractivity contribution in [2.45, 2.75) is 6.04 Å². The summed E-state index contributed by atoms with van der Waals surface area (Å²) < 4.78 is 6.15. The number of hydrogen-bond acceptors (Lipinski definition) is 7. The average molecular weight is 423 g/mol. The fourth-order valence-corrected chi connectivity index (χ4v) is 4.70. The lowest BCUT2D eigenvalue weighted by molar-refractivity contribution is 0.188. The molecular weight excluding hydrogens is 402 g/mol. The van der Waals surface area contributed by atoms with Gasteiger partial charge in [0, 0.05) is 48.5 Å². The van der Waals surface area contributed by atoms with Gasteiger partial charge in [0.25, 0.3) is 0 Å². The molecule has 8 heteroatoms. The van der Waals surface area contributed by atoms with Gasteiger partial charge < -0.3 is 14.5 Å². The number of anilines is 1. The number of aromatic nitrogens is 4. The molecule has 0 radical (unpaired) electrons. The van der Waals surface area contributed by atoms with Gasteiger partial charge >= 0.3 is 0 Å². The van der Waals surface area contributed by atoms with Crippen LogP contribution in [0.1, 0.15) is 5.56 Å². The Balaban J connectivity index is 1.44. The van der Waals surface area contributed by atoms with Gasteiger partial charge in [0.1, 0.15) is 18.1 Å². The molecule has 1 N–H and O–H groups in total. The van der Waals surface area contributed by atoms with Crippen LogP contribution in [0.15, 0.2) is 48.9 Å². The maximum absolute atomic E-state index is 9.65. The highest BCUT2D eigenvalue weighted by molar-refractivity contribution is 5.97. The summed E-state index contributed by atoms with van der Waals surface area (Å²) >= 11 is 0. The van der Waals surface area contributed by atoms with E-state index in [-0.39, 0.29) is 0 Å². The summed E-state index contributed by atoms with van der Waals surface area (Å²) in [5.41, 5.74) is 5.67. The number of aromatic amines is 1. The normalized spacial score (nSPS) is 18.0. The Bertz CT molecular complexity index is 1360. The van der Waals surface area contributed by atoms with Crippen LogP contribution >= 0.6 is 0 Å². The molecule has 1 saturated heterocycles.